The Morgan fingerprint density at radius 2 is 1.08 bits per heavy atom. The first-order chi connectivity index (χ1) is 37.5. The summed E-state index contributed by atoms with van der Waals surface area (Å²) in [7, 11) is 0. The number of amides is 2. The maximum atomic E-state index is 15.4. The molecule has 2 atom stereocenters. The van der Waals surface area contributed by atoms with Crippen molar-refractivity contribution in [2.45, 2.75) is 119 Å². The van der Waals surface area contributed by atoms with Crippen molar-refractivity contribution in [2.75, 3.05) is 24.6 Å². The molecule has 2 unspecified atom stereocenters. The standard InChI is InChI=1S/C67H74N4O5S/c1-7-12-15-16-41-76-58-37-35-57(36-38-58)71(55-31-19-46(6)20-32-55)56-33-29-51(30-34-56)50-25-27-53(28-26-50)61-63-64(70(65(61)72)45-48(11-5)18-14-9-3)62(66(73)69(63)44-47(10-4)17-13-8-2)60-40-39-59(77-60)52-23-21-49(22-24-52)42-54(43-68)67(74)75/h19-40,42,47-48H,7-18,41,44-45H2,1-6H3,(H,74,75)/b54-42+. The molecular formula is C67H74N4O5S. The Bertz CT molecular complexity index is 3120. The second-order valence-electron chi connectivity index (χ2n) is 20.6. The van der Waals surface area contributed by atoms with Crippen LogP contribution in [-0.4, -0.2) is 52.4 Å². The summed E-state index contributed by atoms with van der Waals surface area (Å²) >= 11 is 1.51. The summed E-state index contributed by atoms with van der Waals surface area (Å²) in [6, 6.07) is 47.0. The number of nitriles is 1. The summed E-state index contributed by atoms with van der Waals surface area (Å²) < 4.78 is 6.10. The minimum Gasteiger partial charge on any atom is -0.494 e. The molecular weight excluding hydrogens is 973 g/mol. The van der Waals surface area contributed by atoms with Gasteiger partial charge in [-0.1, -0.05) is 171 Å². The van der Waals surface area contributed by atoms with Gasteiger partial charge in [-0.2, -0.15) is 5.26 Å². The number of carboxylic acids is 1. The fourth-order valence-corrected chi connectivity index (χ4v) is 11.5. The maximum Gasteiger partial charge on any atom is 0.346 e. The molecule has 5 aromatic carbocycles. The first-order valence-corrected chi connectivity index (χ1v) is 28.8. The molecule has 77 heavy (non-hydrogen) atoms. The van der Waals surface area contributed by atoms with Gasteiger partial charge < -0.3 is 24.5 Å². The highest BCUT2D eigenvalue weighted by Crippen LogP contribution is 2.50. The van der Waals surface area contributed by atoms with E-state index in [1.807, 2.05) is 34.1 Å². The van der Waals surface area contributed by atoms with Crippen LogP contribution in [0, 0.1) is 30.1 Å². The molecule has 2 amide bonds. The van der Waals surface area contributed by atoms with Gasteiger partial charge in [-0.3, -0.25) is 9.59 Å². The van der Waals surface area contributed by atoms with E-state index in [0.717, 1.165) is 113 Å². The summed E-state index contributed by atoms with van der Waals surface area (Å²) in [5.41, 5.74) is 10.9. The Kier molecular flexibility index (Phi) is 19.2. The molecule has 9 nitrogen and oxygen atoms in total. The molecule has 6 aromatic rings. The molecule has 0 saturated heterocycles. The highest BCUT2D eigenvalue weighted by atomic mass is 32.1. The molecule has 0 fully saturated rings. The van der Waals surface area contributed by atoms with Gasteiger partial charge in [0.2, 0.25) is 0 Å². The quantitative estimate of drug-likeness (QED) is 0.0310. The zero-order valence-electron chi connectivity index (χ0n) is 45.8. The Morgan fingerprint density at radius 3 is 1.61 bits per heavy atom. The van der Waals surface area contributed by atoms with E-state index in [4.69, 9.17) is 4.74 Å². The van der Waals surface area contributed by atoms with Gasteiger partial charge in [0.1, 0.15) is 17.4 Å². The van der Waals surface area contributed by atoms with Crippen LogP contribution < -0.4 is 9.64 Å². The van der Waals surface area contributed by atoms with Gasteiger partial charge in [-0.25, -0.2) is 4.79 Å². The second-order valence-corrected chi connectivity index (χ2v) is 21.7. The van der Waals surface area contributed by atoms with E-state index < -0.39 is 5.97 Å². The van der Waals surface area contributed by atoms with Crippen molar-refractivity contribution in [3.05, 3.63) is 172 Å². The average Bonchev–Trinajstić information content (AvgIpc) is 4.17. The zero-order chi connectivity index (χ0) is 54.4. The largest absolute Gasteiger partial charge is 0.494 e. The number of fused-ring (bicyclic) bond motifs is 1. The normalized spacial score (nSPS) is 14.3. The summed E-state index contributed by atoms with van der Waals surface area (Å²) in [5, 5.41) is 18.7. The number of nitrogens with zero attached hydrogens (tertiary/aromatic N) is 4. The molecule has 2 aliphatic heterocycles. The summed E-state index contributed by atoms with van der Waals surface area (Å²) in [6.07, 6.45) is 14.1. The number of aryl methyl sites for hydroxylation is 1. The number of anilines is 3. The van der Waals surface area contributed by atoms with E-state index in [1.165, 1.54) is 42.2 Å². The molecule has 0 bridgehead atoms. The molecule has 8 rings (SSSR count). The van der Waals surface area contributed by atoms with E-state index >= 15 is 9.59 Å². The number of benzene rings is 5. The number of hydrogen-bond donors (Lipinski definition) is 1. The van der Waals surface area contributed by atoms with Crippen LogP contribution in [0.3, 0.4) is 0 Å². The highest BCUT2D eigenvalue weighted by Gasteiger charge is 2.49. The number of carbonyl (C=O) groups is 3. The molecule has 3 heterocycles. The number of ether oxygens (including phenoxy) is 1. The van der Waals surface area contributed by atoms with Crippen LogP contribution >= 0.6 is 11.3 Å². The average molecular weight is 1050 g/mol. The molecule has 0 saturated carbocycles. The van der Waals surface area contributed by atoms with Crippen molar-refractivity contribution in [1.29, 1.82) is 5.26 Å². The van der Waals surface area contributed by atoms with Crippen molar-refractivity contribution in [1.82, 2.24) is 9.80 Å². The molecule has 0 aliphatic carbocycles. The van der Waals surface area contributed by atoms with Gasteiger partial charge >= 0.3 is 5.97 Å². The van der Waals surface area contributed by atoms with E-state index in [1.54, 1.807) is 18.2 Å². The molecule has 398 valence electrons. The van der Waals surface area contributed by atoms with Crippen LogP contribution in [0.1, 0.15) is 133 Å². The van der Waals surface area contributed by atoms with E-state index in [2.05, 4.69) is 144 Å². The second kappa shape index (κ2) is 26.5. The molecule has 0 radical (unpaired) electrons. The first-order valence-electron chi connectivity index (χ1n) is 28.0. The van der Waals surface area contributed by atoms with E-state index in [9.17, 15) is 15.2 Å². The minimum absolute atomic E-state index is 0.0695. The van der Waals surface area contributed by atoms with Crippen molar-refractivity contribution < 1.29 is 24.2 Å². The van der Waals surface area contributed by atoms with Gasteiger partial charge in [0.25, 0.3) is 11.8 Å². The smallest absolute Gasteiger partial charge is 0.346 e. The number of thiophene rings is 1. The van der Waals surface area contributed by atoms with Crippen LogP contribution in [0.5, 0.6) is 5.75 Å². The number of carbonyl (C=O) groups excluding carboxylic acids is 2. The van der Waals surface area contributed by atoms with Gasteiger partial charge in [0.15, 0.2) is 0 Å². The fourth-order valence-electron chi connectivity index (χ4n) is 10.5. The van der Waals surface area contributed by atoms with Gasteiger partial charge in [0.05, 0.1) is 29.1 Å². The van der Waals surface area contributed by atoms with E-state index in [-0.39, 0.29) is 29.2 Å². The van der Waals surface area contributed by atoms with Crippen LogP contribution in [0.15, 0.2) is 150 Å². The maximum absolute atomic E-state index is 15.4. The highest BCUT2D eigenvalue weighted by molar-refractivity contribution is 7.17. The number of aliphatic carboxylic acids is 1. The molecule has 10 heteroatoms. The lowest BCUT2D eigenvalue weighted by atomic mass is 9.97. The third-order valence-corrected chi connectivity index (χ3v) is 16.3. The van der Waals surface area contributed by atoms with Crippen molar-refractivity contribution in [2.24, 2.45) is 11.8 Å². The van der Waals surface area contributed by atoms with Gasteiger partial charge in [-0.15, -0.1) is 11.3 Å². The third-order valence-electron chi connectivity index (χ3n) is 15.1. The Morgan fingerprint density at radius 1 is 0.597 bits per heavy atom. The minimum atomic E-state index is -1.27. The van der Waals surface area contributed by atoms with Crippen molar-refractivity contribution in [3.8, 4) is 33.4 Å². The summed E-state index contributed by atoms with van der Waals surface area (Å²) in [4.78, 5) is 50.2. The molecule has 0 spiro atoms. The van der Waals surface area contributed by atoms with Gasteiger partial charge in [-0.05, 0) is 133 Å². The van der Waals surface area contributed by atoms with Crippen LogP contribution in [0.25, 0.3) is 38.8 Å². The summed E-state index contributed by atoms with van der Waals surface area (Å²) in [6.45, 7) is 14.9. The lowest BCUT2D eigenvalue weighted by Crippen LogP contribution is -2.32. The van der Waals surface area contributed by atoms with Gasteiger partial charge in [0, 0.05) is 39.9 Å². The number of rotatable bonds is 27. The first kappa shape index (κ1) is 55.7. The van der Waals surface area contributed by atoms with E-state index in [0.29, 0.717) is 47.8 Å². The van der Waals surface area contributed by atoms with Crippen LogP contribution in [-0.2, 0) is 14.4 Å². The monoisotopic (exact) mass is 1050 g/mol. The predicted molar refractivity (Wildman–Crippen MR) is 316 cm³/mol. The Labute approximate surface area is 460 Å². The molecule has 1 N–H and O–H groups in total. The summed E-state index contributed by atoms with van der Waals surface area (Å²) in [5.74, 6) is -0.0406. The Hall–Kier alpha value is -7.48. The number of carboxylic acid groups (broad SMARTS) is 1. The number of hydrogen-bond acceptors (Lipinski definition) is 7. The molecule has 2 aliphatic rings. The molecule has 1 aromatic heterocycles. The lowest BCUT2D eigenvalue weighted by Gasteiger charge is -2.26. The third kappa shape index (κ3) is 13.0. The van der Waals surface area contributed by atoms with Crippen molar-refractivity contribution >= 4 is 63.4 Å². The number of unbranched alkanes of at least 4 members (excludes halogenated alkanes) is 5. The fraction of sp³-hybridized carbons (Fsp3) is 0.343. The Balaban J connectivity index is 1.16. The zero-order valence-corrected chi connectivity index (χ0v) is 46.6. The SMILES string of the molecule is CCCCCCOc1ccc(N(c2ccc(C)cc2)c2ccc(-c3ccc(C4=C5C(=C(c6ccc(-c7ccc(/C=C(\C#N)C(=O)O)cc7)s6)C(=O)N5CC(CC)CCCC)N(CC(CC)CCCC)C4=O)cc3)cc2)cc1. The lowest BCUT2D eigenvalue weighted by molar-refractivity contribution is -0.132. The topological polar surface area (TPSA) is 114 Å². The predicted octanol–water partition coefficient (Wildman–Crippen LogP) is 17.1. The van der Waals surface area contributed by atoms with Crippen LogP contribution in [0.2, 0.25) is 0 Å². The van der Waals surface area contributed by atoms with Crippen molar-refractivity contribution in [3.63, 3.8) is 0 Å². The van der Waals surface area contributed by atoms with Crippen LogP contribution in [0.4, 0.5) is 17.1 Å².